The standard InChI is InChI=1S/C44H31N3O/c1-3-10-30(11-4-1)31-20-18-29-19-27-37(35(28-29)26-21-31)44-46-42(33-12-5-2-6-13-33)45-43(47-44)34-24-22-32(23-25-34)36-15-9-17-40-41(36)38-14-7-8-16-39(38)48-40/h1-25,27-28,38-39H,26H2/b20-18?,31-21+. The number of ether oxygens (including phenoxy) is 1. The van der Waals surface area contributed by atoms with E-state index in [4.69, 9.17) is 19.7 Å². The fourth-order valence-corrected chi connectivity index (χ4v) is 6.91. The topological polar surface area (TPSA) is 47.9 Å². The minimum Gasteiger partial charge on any atom is -0.485 e. The average molecular weight is 618 g/mol. The monoisotopic (exact) mass is 617 g/mol. The van der Waals surface area contributed by atoms with Crippen LogP contribution in [0.5, 0.6) is 5.75 Å². The van der Waals surface area contributed by atoms with E-state index in [1.165, 1.54) is 27.8 Å². The van der Waals surface area contributed by atoms with E-state index >= 15 is 0 Å². The molecule has 2 unspecified atom stereocenters. The molecule has 0 spiro atoms. The van der Waals surface area contributed by atoms with E-state index < -0.39 is 0 Å². The van der Waals surface area contributed by atoms with Gasteiger partial charge in [-0.2, -0.15) is 0 Å². The summed E-state index contributed by atoms with van der Waals surface area (Å²) in [5, 5.41) is 0. The van der Waals surface area contributed by atoms with Crippen molar-refractivity contribution in [1.82, 2.24) is 15.0 Å². The summed E-state index contributed by atoms with van der Waals surface area (Å²) < 4.78 is 6.28. The van der Waals surface area contributed by atoms with Crippen molar-refractivity contribution >= 4 is 11.6 Å². The lowest BCUT2D eigenvalue weighted by Gasteiger charge is -2.16. The minimum absolute atomic E-state index is 0.0508. The third-order valence-corrected chi connectivity index (χ3v) is 9.34. The van der Waals surface area contributed by atoms with E-state index in [0.29, 0.717) is 17.5 Å². The molecule has 2 heterocycles. The van der Waals surface area contributed by atoms with Gasteiger partial charge in [0, 0.05) is 28.2 Å². The summed E-state index contributed by atoms with van der Waals surface area (Å²) in [4.78, 5) is 15.2. The van der Waals surface area contributed by atoms with Crippen LogP contribution in [0.1, 0.15) is 28.2 Å². The number of benzene rings is 5. The highest BCUT2D eigenvalue weighted by atomic mass is 16.5. The van der Waals surface area contributed by atoms with Gasteiger partial charge in [-0.15, -0.1) is 0 Å². The van der Waals surface area contributed by atoms with Crippen molar-refractivity contribution in [3.05, 3.63) is 180 Å². The zero-order valence-corrected chi connectivity index (χ0v) is 26.2. The van der Waals surface area contributed by atoms with Gasteiger partial charge in [0.2, 0.25) is 0 Å². The Morgan fingerprint density at radius 2 is 1.23 bits per heavy atom. The van der Waals surface area contributed by atoms with Gasteiger partial charge < -0.3 is 4.74 Å². The summed E-state index contributed by atoms with van der Waals surface area (Å²) in [6, 6.07) is 42.1. The Morgan fingerprint density at radius 1 is 0.542 bits per heavy atom. The normalized spacial score (nSPS) is 18.2. The Morgan fingerprint density at radius 3 is 2.02 bits per heavy atom. The number of fused-ring (bicyclic) bond motifs is 5. The van der Waals surface area contributed by atoms with Crippen molar-refractivity contribution in [3.8, 4) is 51.0 Å². The molecule has 2 bridgehead atoms. The number of hydrogen-bond acceptors (Lipinski definition) is 4. The number of aromatic nitrogens is 3. The predicted octanol–water partition coefficient (Wildman–Crippen LogP) is 10.2. The number of nitrogens with zero attached hydrogens (tertiary/aromatic N) is 3. The molecule has 0 saturated carbocycles. The maximum Gasteiger partial charge on any atom is 0.164 e. The van der Waals surface area contributed by atoms with Crippen LogP contribution in [0.15, 0.2) is 158 Å². The summed E-state index contributed by atoms with van der Waals surface area (Å²) in [6.07, 6.45) is 16.0. The lowest BCUT2D eigenvalue weighted by molar-refractivity contribution is 0.269. The average Bonchev–Trinajstić information content (AvgIpc) is 3.54. The van der Waals surface area contributed by atoms with Gasteiger partial charge in [0.25, 0.3) is 0 Å². The van der Waals surface area contributed by atoms with Gasteiger partial charge in [-0.05, 0) is 52.0 Å². The van der Waals surface area contributed by atoms with Gasteiger partial charge in [-0.25, -0.2) is 15.0 Å². The Kier molecular flexibility index (Phi) is 6.98. The van der Waals surface area contributed by atoms with Crippen LogP contribution in [-0.2, 0) is 6.42 Å². The van der Waals surface area contributed by atoms with E-state index in [2.05, 4.69) is 134 Å². The first kappa shape index (κ1) is 28.1. The molecule has 1 aromatic heterocycles. The smallest absolute Gasteiger partial charge is 0.164 e. The Labute approximate surface area is 280 Å². The molecular formula is C44H31N3O. The van der Waals surface area contributed by atoms with E-state index in [1.807, 2.05) is 30.3 Å². The molecule has 3 aliphatic rings. The molecule has 4 nitrogen and oxygen atoms in total. The SMILES string of the molecule is C1=CC2Oc3cccc(-c4ccc(-c5nc(-c6ccccc6)nc(-c6ccc7cc6C/C=C(/c6ccccc6)C=C7)n5)cc4)c3C2C=C1. The maximum atomic E-state index is 6.28. The van der Waals surface area contributed by atoms with Gasteiger partial charge in [0.05, 0.1) is 0 Å². The third kappa shape index (κ3) is 5.18. The van der Waals surface area contributed by atoms with Crippen LogP contribution in [0.4, 0.5) is 0 Å². The van der Waals surface area contributed by atoms with Crippen LogP contribution in [0.3, 0.4) is 0 Å². The molecule has 2 atom stereocenters. The van der Waals surface area contributed by atoms with Gasteiger partial charge >= 0.3 is 0 Å². The van der Waals surface area contributed by atoms with E-state index in [-0.39, 0.29) is 12.0 Å². The maximum absolute atomic E-state index is 6.28. The molecule has 48 heavy (non-hydrogen) atoms. The first-order chi connectivity index (χ1) is 23.8. The van der Waals surface area contributed by atoms with Gasteiger partial charge in [0.15, 0.2) is 17.5 Å². The minimum atomic E-state index is 0.0508. The van der Waals surface area contributed by atoms with Crippen LogP contribution >= 0.6 is 0 Å². The zero-order valence-electron chi connectivity index (χ0n) is 26.2. The molecule has 1 aliphatic heterocycles. The molecule has 2 aliphatic carbocycles. The highest BCUT2D eigenvalue weighted by molar-refractivity contribution is 5.81. The Bertz CT molecular complexity index is 2280. The van der Waals surface area contributed by atoms with Gasteiger partial charge in [-0.3, -0.25) is 0 Å². The summed E-state index contributed by atoms with van der Waals surface area (Å²) in [6.45, 7) is 0. The second-order valence-electron chi connectivity index (χ2n) is 12.3. The van der Waals surface area contributed by atoms with E-state index in [0.717, 1.165) is 40.0 Å². The molecular weight excluding hydrogens is 587 g/mol. The number of rotatable bonds is 5. The van der Waals surface area contributed by atoms with Crippen LogP contribution in [0.2, 0.25) is 0 Å². The molecule has 9 rings (SSSR count). The van der Waals surface area contributed by atoms with E-state index in [9.17, 15) is 0 Å². The first-order valence-electron chi connectivity index (χ1n) is 16.4. The lowest BCUT2D eigenvalue weighted by atomic mass is 9.86. The fourth-order valence-electron chi connectivity index (χ4n) is 6.91. The molecule has 5 aromatic carbocycles. The van der Waals surface area contributed by atoms with Crippen molar-refractivity contribution in [2.75, 3.05) is 0 Å². The second kappa shape index (κ2) is 11.9. The van der Waals surface area contributed by atoms with Crippen molar-refractivity contribution in [2.24, 2.45) is 0 Å². The van der Waals surface area contributed by atoms with Crippen LogP contribution in [0.25, 0.3) is 56.9 Å². The summed E-state index contributed by atoms with van der Waals surface area (Å²) in [7, 11) is 0. The van der Waals surface area contributed by atoms with E-state index in [1.54, 1.807) is 0 Å². The fraction of sp³-hybridized carbons (Fsp3) is 0.0682. The molecule has 228 valence electrons. The Balaban J connectivity index is 1.11. The molecule has 0 amide bonds. The van der Waals surface area contributed by atoms with Crippen molar-refractivity contribution in [1.29, 1.82) is 0 Å². The zero-order chi connectivity index (χ0) is 31.9. The van der Waals surface area contributed by atoms with Crippen molar-refractivity contribution in [2.45, 2.75) is 18.4 Å². The molecule has 0 fully saturated rings. The molecule has 4 heteroatoms. The summed E-state index contributed by atoms with van der Waals surface area (Å²) >= 11 is 0. The summed E-state index contributed by atoms with van der Waals surface area (Å²) in [5.41, 5.74) is 11.2. The van der Waals surface area contributed by atoms with Gasteiger partial charge in [0.1, 0.15) is 11.9 Å². The first-order valence-corrected chi connectivity index (χ1v) is 16.4. The van der Waals surface area contributed by atoms with Crippen LogP contribution in [0, 0.1) is 0 Å². The number of allylic oxidation sites excluding steroid dienone is 5. The van der Waals surface area contributed by atoms with Crippen LogP contribution < -0.4 is 4.74 Å². The highest BCUT2D eigenvalue weighted by Crippen LogP contribution is 2.46. The summed E-state index contributed by atoms with van der Waals surface area (Å²) in [5.74, 6) is 3.15. The number of hydrogen-bond donors (Lipinski definition) is 0. The second-order valence-corrected chi connectivity index (χ2v) is 12.3. The molecule has 0 saturated heterocycles. The lowest BCUT2D eigenvalue weighted by Crippen LogP contribution is -2.15. The largest absolute Gasteiger partial charge is 0.485 e. The van der Waals surface area contributed by atoms with Crippen molar-refractivity contribution in [3.63, 3.8) is 0 Å². The van der Waals surface area contributed by atoms with Gasteiger partial charge in [-0.1, -0.05) is 152 Å². The Hall–Kier alpha value is -6.13. The third-order valence-electron chi connectivity index (χ3n) is 9.34. The molecule has 0 N–H and O–H groups in total. The highest BCUT2D eigenvalue weighted by Gasteiger charge is 2.34. The molecule has 0 radical (unpaired) electrons. The van der Waals surface area contributed by atoms with Crippen LogP contribution in [-0.4, -0.2) is 21.1 Å². The molecule has 6 aromatic rings. The quantitative estimate of drug-likeness (QED) is 0.193. The predicted molar refractivity (Wildman–Crippen MR) is 194 cm³/mol. The van der Waals surface area contributed by atoms with Crippen molar-refractivity contribution < 1.29 is 4.74 Å².